The van der Waals surface area contributed by atoms with Crippen LogP contribution in [0.4, 0.5) is 4.39 Å². The highest BCUT2D eigenvalue weighted by atomic mass is 32.2. The number of carbonyl (C=O) groups is 1. The largest absolute Gasteiger partial charge is 0.348 e. The predicted octanol–water partition coefficient (Wildman–Crippen LogP) is -0.00690. The monoisotopic (exact) mass is 303 g/mol. The standard InChI is InChI=1S/C12H18FN3O3S/c1-15(2)12(17)8-16(3)20(18,19)10-4-5-11(13)9(6-10)7-14/h4-6H,7-8,14H2,1-3H3. The average Bonchev–Trinajstić information content (AvgIpc) is 2.38. The lowest BCUT2D eigenvalue weighted by Gasteiger charge is -2.19. The van der Waals surface area contributed by atoms with Crippen molar-refractivity contribution in [2.45, 2.75) is 11.4 Å². The average molecular weight is 303 g/mol. The van der Waals surface area contributed by atoms with Gasteiger partial charge >= 0.3 is 0 Å². The van der Waals surface area contributed by atoms with Gasteiger partial charge in [0.15, 0.2) is 0 Å². The van der Waals surface area contributed by atoms with Gasteiger partial charge in [-0.2, -0.15) is 4.31 Å². The molecule has 0 heterocycles. The number of amides is 1. The Balaban J connectivity index is 3.07. The van der Waals surface area contributed by atoms with Gasteiger partial charge in [-0.3, -0.25) is 4.79 Å². The van der Waals surface area contributed by atoms with Crippen molar-refractivity contribution in [1.82, 2.24) is 9.21 Å². The molecular weight excluding hydrogens is 285 g/mol. The summed E-state index contributed by atoms with van der Waals surface area (Å²) >= 11 is 0. The summed E-state index contributed by atoms with van der Waals surface area (Å²) < 4.78 is 38.8. The third-order valence-corrected chi connectivity index (χ3v) is 4.60. The van der Waals surface area contributed by atoms with Crippen molar-refractivity contribution in [3.63, 3.8) is 0 Å². The van der Waals surface area contributed by atoms with Gasteiger partial charge in [0.1, 0.15) is 5.82 Å². The number of hydrogen-bond donors (Lipinski definition) is 1. The van der Waals surface area contributed by atoms with Crippen LogP contribution in [0, 0.1) is 5.82 Å². The Hall–Kier alpha value is -1.51. The maximum atomic E-state index is 13.3. The molecule has 0 saturated heterocycles. The summed E-state index contributed by atoms with van der Waals surface area (Å²) in [6, 6.07) is 3.39. The van der Waals surface area contributed by atoms with Gasteiger partial charge in [0.2, 0.25) is 15.9 Å². The first-order valence-electron chi connectivity index (χ1n) is 5.85. The van der Waals surface area contributed by atoms with Crippen LogP contribution in [-0.4, -0.2) is 51.2 Å². The maximum Gasteiger partial charge on any atom is 0.243 e. The molecule has 6 nitrogen and oxygen atoms in total. The number of rotatable bonds is 5. The van der Waals surface area contributed by atoms with Crippen LogP contribution in [0.1, 0.15) is 5.56 Å². The smallest absolute Gasteiger partial charge is 0.243 e. The quantitative estimate of drug-likeness (QED) is 0.829. The van der Waals surface area contributed by atoms with Gasteiger partial charge in [0, 0.05) is 33.3 Å². The molecule has 20 heavy (non-hydrogen) atoms. The second-order valence-corrected chi connectivity index (χ2v) is 6.55. The zero-order chi connectivity index (χ0) is 15.5. The minimum absolute atomic E-state index is 0.0894. The van der Waals surface area contributed by atoms with Crippen molar-refractivity contribution >= 4 is 15.9 Å². The van der Waals surface area contributed by atoms with E-state index in [-0.39, 0.29) is 29.5 Å². The van der Waals surface area contributed by atoms with Crippen LogP contribution in [0.2, 0.25) is 0 Å². The minimum atomic E-state index is -3.85. The Morgan fingerprint density at radius 1 is 1.30 bits per heavy atom. The Morgan fingerprint density at radius 2 is 1.90 bits per heavy atom. The van der Waals surface area contributed by atoms with Gasteiger partial charge < -0.3 is 10.6 Å². The molecule has 1 aromatic rings. The molecule has 0 fully saturated rings. The molecule has 1 amide bonds. The SMILES string of the molecule is CN(C)C(=O)CN(C)S(=O)(=O)c1ccc(F)c(CN)c1. The summed E-state index contributed by atoms with van der Waals surface area (Å²) in [5.41, 5.74) is 5.46. The summed E-state index contributed by atoms with van der Waals surface area (Å²) in [5.74, 6) is -0.907. The van der Waals surface area contributed by atoms with Crippen molar-refractivity contribution in [3.8, 4) is 0 Å². The number of nitrogens with two attached hydrogens (primary N) is 1. The topological polar surface area (TPSA) is 83.7 Å². The van der Waals surface area contributed by atoms with Gasteiger partial charge in [-0.25, -0.2) is 12.8 Å². The highest BCUT2D eigenvalue weighted by Gasteiger charge is 2.24. The summed E-state index contributed by atoms with van der Waals surface area (Å²) in [4.78, 5) is 12.8. The molecule has 1 rings (SSSR count). The van der Waals surface area contributed by atoms with Crippen LogP contribution >= 0.6 is 0 Å². The highest BCUT2D eigenvalue weighted by molar-refractivity contribution is 7.89. The molecule has 0 aromatic heterocycles. The highest BCUT2D eigenvalue weighted by Crippen LogP contribution is 2.18. The van der Waals surface area contributed by atoms with Crippen LogP contribution in [-0.2, 0) is 21.4 Å². The van der Waals surface area contributed by atoms with Crippen LogP contribution < -0.4 is 5.73 Å². The summed E-state index contributed by atoms with van der Waals surface area (Å²) in [6.45, 7) is -0.389. The van der Waals surface area contributed by atoms with Crippen LogP contribution in [0.5, 0.6) is 0 Å². The first-order chi connectivity index (χ1) is 9.20. The normalized spacial score (nSPS) is 11.7. The van der Waals surface area contributed by atoms with Crippen molar-refractivity contribution in [1.29, 1.82) is 0 Å². The molecule has 0 aliphatic rings. The first-order valence-corrected chi connectivity index (χ1v) is 7.29. The van der Waals surface area contributed by atoms with Gasteiger partial charge in [0.05, 0.1) is 11.4 Å². The van der Waals surface area contributed by atoms with E-state index in [1.165, 1.54) is 32.1 Å². The third-order valence-electron chi connectivity index (χ3n) is 2.80. The second-order valence-electron chi connectivity index (χ2n) is 4.51. The molecule has 0 atom stereocenters. The van der Waals surface area contributed by atoms with E-state index in [0.29, 0.717) is 0 Å². The van der Waals surface area contributed by atoms with Crippen molar-refractivity contribution in [2.75, 3.05) is 27.7 Å². The van der Waals surface area contributed by atoms with E-state index in [1.54, 1.807) is 0 Å². The molecule has 8 heteroatoms. The lowest BCUT2D eigenvalue weighted by Crippen LogP contribution is -2.37. The number of hydrogen-bond acceptors (Lipinski definition) is 4. The number of benzene rings is 1. The fraction of sp³-hybridized carbons (Fsp3) is 0.417. The van der Waals surface area contributed by atoms with E-state index in [4.69, 9.17) is 5.73 Å². The first kappa shape index (κ1) is 16.5. The van der Waals surface area contributed by atoms with Crippen molar-refractivity contribution in [3.05, 3.63) is 29.6 Å². The Bertz CT molecular complexity index is 602. The van der Waals surface area contributed by atoms with E-state index in [9.17, 15) is 17.6 Å². The Morgan fingerprint density at radius 3 is 2.40 bits per heavy atom. The fourth-order valence-electron chi connectivity index (χ4n) is 1.46. The number of likely N-dealkylation sites (N-methyl/N-ethyl adjacent to an activating group) is 2. The molecule has 2 N–H and O–H groups in total. The molecule has 0 bridgehead atoms. The molecule has 0 aliphatic carbocycles. The van der Waals surface area contributed by atoms with Crippen molar-refractivity contribution < 1.29 is 17.6 Å². The molecule has 0 saturated carbocycles. The molecule has 1 aromatic carbocycles. The zero-order valence-corrected chi connectivity index (χ0v) is 12.4. The van der Waals surface area contributed by atoms with E-state index in [0.717, 1.165) is 16.4 Å². The number of nitrogens with zero attached hydrogens (tertiary/aromatic N) is 2. The van der Waals surface area contributed by atoms with E-state index in [1.807, 2.05) is 0 Å². The van der Waals surface area contributed by atoms with Crippen LogP contribution in [0.15, 0.2) is 23.1 Å². The number of sulfonamides is 1. The van der Waals surface area contributed by atoms with Crippen LogP contribution in [0.25, 0.3) is 0 Å². The molecule has 0 aliphatic heterocycles. The zero-order valence-electron chi connectivity index (χ0n) is 11.6. The molecule has 0 radical (unpaired) electrons. The van der Waals surface area contributed by atoms with Gasteiger partial charge in [-0.05, 0) is 18.2 Å². The lowest BCUT2D eigenvalue weighted by molar-refractivity contribution is -0.128. The molecule has 0 unspecified atom stereocenters. The van der Waals surface area contributed by atoms with E-state index < -0.39 is 15.8 Å². The molecular formula is C12H18FN3O3S. The minimum Gasteiger partial charge on any atom is -0.348 e. The summed E-state index contributed by atoms with van der Waals surface area (Å²) in [6.07, 6.45) is 0. The lowest BCUT2D eigenvalue weighted by atomic mass is 10.2. The van der Waals surface area contributed by atoms with E-state index >= 15 is 0 Å². The summed E-state index contributed by atoms with van der Waals surface area (Å²) in [7, 11) is 0.510. The van der Waals surface area contributed by atoms with Crippen LogP contribution in [0.3, 0.4) is 0 Å². The molecule has 0 spiro atoms. The third kappa shape index (κ3) is 3.53. The van der Waals surface area contributed by atoms with E-state index in [2.05, 4.69) is 0 Å². The Kier molecular flexibility index (Phi) is 5.21. The fourth-order valence-corrected chi connectivity index (χ4v) is 2.64. The second kappa shape index (κ2) is 6.29. The van der Waals surface area contributed by atoms with Gasteiger partial charge in [0.25, 0.3) is 0 Å². The maximum absolute atomic E-state index is 13.3. The number of halogens is 1. The van der Waals surface area contributed by atoms with Gasteiger partial charge in [-0.15, -0.1) is 0 Å². The molecule has 112 valence electrons. The summed E-state index contributed by atoms with van der Waals surface area (Å²) in [5, 5.41) is 0. The predicted molar refractivity (Wildman–Crippen MR) is 72.8 cm³/mol. The van der Waals surface area contributed by atoms with Crippen molar-refractivity contribution in [2.24, 2.45) is 5.73 Å². The Labute approximate surface area is 118 Å². The van der Waals surface area contributed by atoms with Gasteiger partial charge in [-0.1, -0.05) is 0 Å². The number of carbonyl (C=O) groups excluding carboxylic acids is 1.